The SMILES string of the molecule is Cc1cccc(N2Cc3ccc(N)cc3C2)c1Br. The molecule has 3 heteroatoms. The summed E-state index contributed by atoms with van der Waals surface area (Å²) in [7, 11) is 0. The first kappa shape index (κ1) is 11.6. The van der Waals surface area contributed by atoms with Gasteiger partial charge in [0.25, 0.3) is 0 Å². The zero-order chi connectivity index (χ0) is 12.7. The molecule has 3 rings (SSSR count). The lowest BCUT2D eigenvalue weighted by molar-refractivity contribution is 0.876. The van der Waals surface area contributed by atoms with E-state index >= 15 is 0 Å². The first-order chi connectivity index (χ1) is 8.65. The van der Waals surface area contributed by atoms with Gasteiger partial charge in [0.15, 0.2) is 0 Å². The van der Waals surface area contributed by atoms with Crippen LogP contribution in [0.25, 0.3) is 0 Å². The molecule has 18 heavy (non-hydrogen) atoms. The van der Waals surface area contributed by atoms with Crippen molar-refractivity contribution in [2.75, 3.05) is 10.6 Å². The van der Waals surface area contributed by atoms with E-state index < -0.39 is 0 Å². The third-order valence-corrected chi connectivity index (χ3v) is 4.50. The molecule has 0 fully saturated rings. The Balaban J connectivity index is 1.96. The van der Waals surface area contributed by atoms with Crippen molar-refractivity contribution in [2.45, 2.75) is 20.0 Å². The van der Waals surface area contributed by atoms with Crippen LogP contribution in [0.15, 0.2) is 40.9 Å². The number of nitrogen functional groups attached to an aromatic ring is 1. The summed E-state index contributed by atoms with van der Waals surface area (Å²) >= 11 is 3.68. The zero-order valence-corrected chi connectivity index (χ0v) is 11.9. The van der Waals surface area contributed by atoms with Crippen molar-refractivity contribution >= 4 is 27.3 Å². The molecule has 0 aliphatic carbocycles. The molecule has 2 aromatic rings. The first-order valence-electron chi connectivity index (χ1n) is 6.02. The Morgan fingerprint density at radius 2 is 1.89 bits per heavy atom. The van der Waals surface area contributed by atoms with Crippen molar-refractivity contribution in [2.24, 2.45) is 0 Å². The molecule has 2 N–H and O–H groups in total. The molecule has 0 bridgehead atoms. The highest BCUT2D eigenvalue weighted by molar-refractivity contribution is 9.10. The highest BCUT2D eigenvalue weighted by atomic mass is 79.9. The molecule has 92 valence electrons. The van der Waals surface area contributed by atoms with Crippen LogP contribution in [0.3, 0.4) is 0 Å². The average Bonchev–Trinajstić information content (AvgIpc) is 2.75. The second-order valence-corrected chi connectivity index (χ2v) is 5.59. The number of anilines is 2. The van der Waals surface area contributed by atoms with Gasteiger partial charge in [-0.25, -0.2) is 0 Å². The molecule has 2 nitrogen and oxygen atoms in total. The Morgan fingerprint density at radius 1 is 1.11 bits per heavy atom. The smallest absolute Gasteiger partial charge is 0.0519 e. The normalized spacial score (nSPS) is 13.8. The molecule has 0 radical (unpaired) electrons. The molecule has 1 aliphatic rings. The van der Waals surface area contributed by atoms with Crippen LogP contribution in [0.1, 0.15) is 16.7 Å². The van der Waals surface area contributed by atoms with Gasteiger partial charge < -0.3 is 10.6 Å². The van der Waals surface area contributed by atoms with E-state index in [1.54, 1.807) is 0 Å². The lowest BCUT2D eigenvalue weighted by atomic mass is 10.1. The van der Waals surface area contributed by atoms with Crippen molar-refractivity contribution in [3.05, 3.63) is 57.6 Å². The number of halogens is 1. The van der Waals surface area contributed by atoms with Crippen LogP contribution >= 0.6 is 15.9 Å². The number of nitrogens with two attached hydrogens (primary N) is 1. The van der Waals surface area contributed by atoms with E-state index in [0.29, 0.717) is 0 Å². The van der Waals surface area contributed by atoms with Gasteiger partial charge in [-0.2, -0.15) is 0 Å². The Hall–Kier alpha value is -1.48. The minimum absolute atomic E-state index is 0.846. The molecule has 0 spiro atoms. The maximum atomic E-state index is 5.84. The van der Waals surface area contributed by atoms with Crippen LogP contribution in [-0.2, 0) is 13.1 Å². The Bertz CT molecular complexity index is 607. The van der Waals surface area contributed by atoms with Crippen molar-refractivity contribution in [1.82, 2.24) is 0 Å². The molecule has 0 aromatic heterocycles. The van der Waals surface area contributed by atoms with Gasteiger partial charge in [-0.3, -0.25) is 0 Å². The van der Waals surface area contributed by atoms with Crippen LogP contribution in [-0.4, -0.2) is 0 Å². The Labute approximate surface area is 116 Å². The highest BCUT2D eigenvalue weighted by Gasteiger charge is 2.21. The molecular formula is C15H15BrN2. The summed E-state index contributed by atoms with van der Waals surface area (Å²) in [5.41, 5.74) is 11.9. The number of rotatable bonds is 1. The molecule has 0 saturated carbocycles. The zero-order valence-electron chi connectivity index (χ0n) is 10.3. The molecule has 2 aromatic carbocycles. The lowest BCUT2D eigenvalue weighted by Crippen LogP contribution is -2.15. The first-order valence-corrected chi connectivity index (χ1v) is 6.82. The van der Waals surface area contributed by atoms with Gasteiger partial charge in [-0.15, -0.1) is 0 Å². The van der Waals surface area contributed by atoms with Gasteiger partial charge in [-0.1, -0.05) is 18.2 Å². The van der Waals surface area contributed by atoms with Crippen LogP contribution in [0.2, 0.25) is 0 Å². The standard InChI is InChI=1S/C15H15BrN2/c1-10-3-2-4-14(15(10)16)18-8-11-5-6-13(17)7-12(11)9-18/h2-7H,8-9,17H2,1H3. The third kappa shape index (κ3) is 1.89. The summed E-state index contributed by atoms with van der Waals surface area (Å²) in [6.07, 6.45) is 0. The fourth-order valence-corrected chi connectivity index (χ4v) is 2.98. The summed E-state index contributed by atoms with van der Waals surface area (Å²) in [6.45, 7) is 4.01. The van der Waals surface area contributed by atoms with Crippen LogP contribution in [0, 0.1) is 6.92 Å². The maximum Gasteiger partial charge on any atom is 0.0519 e. The number of hydrogen-bond acceptors (Lipinski definition) is 2. The van der Waals surface area contributed by atoms with Crippen LogP contribution in [0.4, 0.5) is 11.4 Å². The number of benzene rings is 2. The van der Waals surface area contributed by atoms with E-state index in [1.807, 2.05) is 6.07 Å². The van der Waals surface area contributed by atoms with Crippen molar-refractivity contribution < 1.29 is 0 Å². The van der Waals surface area contributed by atoms with Crippen molar-refractivity contribution in [1.29, 1.82) is 0 Å². The van der Waals surface area contributed by atoms with E-state index in [9.17, 15) is 0 Å². The average molecular weight is 303 g/mol. The van der Waals surface area contributed by atoms with E-state index in [4.69, 9.17) is 5.73 Å². The van der Waals surface area contributed by atoms with Gasteiger partial charge in [0.2, 0.25) is 0 Å². The summed E-state index contributed by atoms with van der Waals surface area (Å²) < 4.78 is 1.19. The third-order valence-electron chi connectivity index (χ3n) is 3.46. The van der Waals surface area contributed by atoms with Gasteiger partial charge in [0, 0.05) is 23.2 Å². The van der Waals surface area contributed by atoms with Crippen molar-refractivity contribution in [3.63, 3.8) is 0 Å². The van der Waals surface area contributed by atoms with E-state index in [-0.39, 0.29) is 0 Å². The van der Waals surface area contributed by atoms with Crippen LogP contribution < -0.4 is 10.6 Å². The van der Waals surface area contributed by atoms with Crippen LogP contribution in [0.5, 0.6) is 0 Å². The fourth-order valence-electron chi connectivity index (χ4n) is 2.46. The molecule has 1 aliphatic heterocycles. The van der Waals surface area contributed by atoms with Gasteiger partial charge >= 0.3 is 0 Å². The van der Waals surface area contributed by atoms with E-state index in [2.05, 4.69) is 58.1 Å². The molecule has 1 heterocycles. The molecule has 0 atom stereocenters. The Kier molecular flexibility index (Phi) is 2.78. The summed E-state index contributed by atoms with van der Waals surface area (Å²) in [5, 5.41) is 0. The second kappa shape index (κ2) is 4.32. The van der Waals surface area contributed by atoms with Gasteiger partial charge in [0.05, 0.1) is 5.69 Å². The molecule has 0 saturated heterocycles. The predicted octanol–water partition coefficient (Wildman–Crippen LogP) is 3.86. The summed E-state index contributed by atoms with van der Waals surface area (Å²) in [4.78, 5) is 2.38. The topological polar surface area (TPSA) is 29.3 Å². The number of fused-ring (bicyclic) bond motifs is 1. The quantitative estimate of drug-likeness (QED) is 0.811. The molecule has 0 amide bonds. The lowest BCUT2D eigenvalue weighted by Gasteiger charge is -2.20. The Morgan fingerprint density at radius 3 is 2.72 bits per heavy atom. The largest absolute Gasteiger partial charge is 0.399 e. The van der Waals surface area contributed by atoms with Gasteiger partial charge in [0.1, 0.15) is 0 Å². The molecular weight excluding hydrogens is 288 g/mol. The maximum absolute atomic E-state index is 5.84. The van der Waals surface area contributed by atoms with E-state index in [0.717, 1.165) is 18.8 Å². The number of aryl methyl sites for hydroxylation is 1. The minimum atomic E-state index is 0.846. The predicted molar refractivity (Wildman–Crippen MR) is 79.6 cm³/mol. The molecule has 0 unspecified atom stereocenters. The summed E-state index contributed by atoms with van der Waals surface area (Å²) in [6, 6.07) is 12.6. The van der Waals surface area contributed by atoms with Crippen molar-refractivity contribution in [3.8, 4) is 0 Å². The second-order valence-electron chi connectivity index (χ2n) is 4.79. The summed E-state index contributed by atoms with van der Waals surface area (Å²) in [5.74, 6) is 0. The fraction of sp³-hybridized carbons (Fsp3) is 0.200. The van der Waals surface area contributed by atoms with Gasteiger partial charge in [-0.05, 0) is 57.7 Å². The van der Waals surface area contributed by atoms with E-state index in [1.165, 1.54) is 26.9 Å². The monoisotopic (exact) mass is 302 g/mol. The number of hydrogen-bond donors (Lipinski definition) is 1. The number of nitrogens with zero attached hydrogens (tertiary/aromatic N) is 1. The highest BCUT2D eigenvalue weighted by Crippen LogP contribution is 2.35. The minimum Gasteiger partial charge on any atom is -0.399 e.